The van der Waals surface area contributed by atoms with Gasteiger partial charge in [-0.1, -0.05) is 56.3 Å². The normalized spacial score (nSPS) is 20.0. The van der Waals surface area contributed by atoms with Gasteiger partial charge in [0.05, 0.1) is 23.7 Å². The van der Waals surface area contributed by atoms with Gasteiger partial charge >= 0.3 is 23.9 Å². The molecule has 0 amide bonds. The molecule has 4 atom stereocenters. The molecule has 0 N–H and O–H groups in total. The lowest BCUT2D eigenvalue weighted by Crippen LogP contribution is -2.35. The number of ether oxygens (including phenoxy) is 3. The molecule has 0 spiro atoms. The highest BCUT2D eigenvalue weighted by atomic mass is 16.6. The lowest BCUT2D eigenvalue weighted by Gasteiger charge is -2.25. The molecule has 1 fully saturated rings. The average molecular weight is 469 g/mol. The Balaban J connectivity index is 1.73. The number of fused-ring (bicyclic) bond motifs is 1. The van der Waals surface area contributed by atoms with Crippen molar-refractivity contribution in [2.45, 2.75) is 59.7 Å². The van der Waals surface area contributed by atoms with Gasteiger partial charge in [-0.15, -0.1) is 0 Å². The summed E-state index contributed by atoms with van der Waals surface area (Å²) < 4.78 is 15.9. The van der Waals surface area contributed by atoms with Gasteiger partial charge in [-0.3, -0.25) is 19.2 Å². The van der Waals surface area contributed by atoms with E-state index in [2.05, 4.69) is 0 Å². The summed E-state index contributed by atoms with van der Waals surface area (Å²) in [5.74, 6) is -5.91. The predicted molar refractivity (Wildman–Crippen MR) is 125 cm³/mol. The first-order chi connectivity index (χ1) is 16.0. The topological polar surface area (TPSA) is 96.0 Å². The van der Waals surface area contributed by atoms with E-state index < -0.39 is 53.1 Å². The van der Waals surface area contributed by atoms with Crippen LogP contribution in [0, 0.1) is 23.7 Å². The van der Waals surface area contributed by atoms with Crippen LogP contribution in [0.25, 0.3) is 10.8 Å². The zero-order valence-corrected chi connectivity index (χ0v) is 20.3. The van der Waals surface area contributed by atoms with Crippen molar-refractivity contribution in [2.24, 2.45) is 23.7 Å². The number of carbonyl (C=O) groups excluding carboxylic acids is 4. The third-order valence-corrected chi connectivity index (χ3v) is 6.05. The second-order valence-electron chi connectivity index (χ2n) is 9.80. The number of hydrogen-bond donors (Lipinski definition) is 0. The van der Waals surface area contributed by atoms with Crippen molar-refractivity contribution >= 4 is 34.6 Å². The molecule has 1 aliphatic rings. The maximum atomic E-state index is 13.0. The molecule has 7 heteroatoms. The average Bonchev–Trinajstić information content (AvgIpc) is 3.04. The highest BCUT2D eigenvalue weighted by Gasteiger charge is 2.51. The summed E-state index contributed by atoms with van der Waals surface area (Å²) >= 11 is 0. The molecule has 7 nitrogen and oxygen atoms in total. The molecule has 182 valence electrons. The molecule has 0 saturated carbocycles. The second-order valence-corrected chi connectivity index (χ2v) is 9.80. The molecule has 0 bridgehead atoms. The first-order valence-corrected chi connectivity index (χ1v) is 11.6. The number of esters is 4. The Bertz CT molecular complexity index is 1080. The third-order valence-electron chi connectivity index (χ3n) is 6.05. The van der Waals surface area contributed by atoms with Gasteiger partial charge < -0.3 is 14.2 Å². The summed E-state index contributed by atoms with van der Waals surface area (Å²) in [4.78, 5) is 50.5. The standard InChI is InChI=1S/C27H32O7/c1-6-19(24(29)32-15-18-12-9-11-17-10-7-8-13-20(17)18)22-21(25(30)33-26(22)31)14-16(2)23(28)34-27(3,4)5/h7-13,16,19,21-22H,6,14-15H2,1-5H3. The minimum Gasteiger partial charge on any atom is -0.461 e. The number of cyclic esters (lactones) is 2. The van der Waals surface area contributed by atoms with E-state index in [0.29, 0.717) is 6.42 Å². The van der Waals surface area contributed by atoms with Gasteiger partial charge in [0.15, 0.2) is 0 Å². The van der Waals surface area contributed by atoms with E-state index >= 15 is 0 Å². The Labute approximate surface area is 199 Å². The van der Waals surface area contributed by atoms with Crippen molar-refractivity contribution in [3.05, 3.63) is 48.0 Å². The Hall–Kier alpha value is -3.22. The summed E-state index contributed by atoms with van der Waals surface area (Å²) in [5.41, 5.74) is 0.176. The molecule has 1 heterocycles. The largest absolute Gasteiger partial charge is 0.461 e. The van der Waals surface area contributed by atoms with Crippen LogP contribution in [-0.2, 0) is 40.0 Å². The Kier molecular flexibility index (Phi) is 7.75. The van der Waals surface area contributed by atoms with Crippen LogP contribution in [0.1, 0.15) is 53.0 Å². The first-order valence-electron chi connectivity index (χ1n) is 11.6. The zero-order valence-electron chi connectivity index (χ0n) is 20.3. The number of carbonyl (C=O) groups is 4. The van der Waals surface area contributed by atoms with Crippen molar-refractivity contribution in [2.75, 3.05) is 0 Å². The van der Waals surface area contributed by atoms with Crippen LogP contribution in [0.4, 0.5) is 0 Å². The lowest BCUT2D eigenvalue weighted by molar-refractivity contribution is -0.160. The fourth-order valence-corrected chi connectivity index (χ4v) is 4.36. The molecule has 34 heavy (non-hydrogen) atoms. The van der Waals surface area contributed by atoms with Gasteiger partial charge in [0.25, 0.3) is 0 Å². The molecule has 0 aliphatic carbocycles. The lowest BCUT2D eigenvalue weighted by atomic mass is 9.78. The van der Waals surface area contributed by atoms with Gasteiger partial charge in [-0.05, 0) is 49.9 Å². The van der Waals surface area contributed by atoms with Gasteiger partial charge in [0.2, 0.25) is 0 Å². The minimum atomic E-state index is -0.998. The number of benzene rings is 2. The Morgan fingerprint density at radius 3 is 2.35 bits per heavy atom. The van der Waals surface area contributed by atoms with Gasteiger partial charge in [-0.2, -0.15) is 0 Å². The quantitative estimate of drug-likeness (QED) is 0.317. The summed E-state index contributed by atoms with van der Waals surface area (Å²) in [6.45, 7) is 8.72. The van der Waals surface area contributed by atoms with Crippen LogP contribution < -0.4 is 0 Å². The minimum absolute atomic E-state index is 0.0470. The molecule has 3 rings (SSSR count). The molecule has 0 aromatic heterocycles. The van der Waals surface area contributed by atoms with Crippen LogP contribution in [0.2, 0.25) is 0 Å². The van der Waals surface area contributed by atoms with Crippen molar-refractivity contribution in [1.29, 1.82) is 0 Å². The summed E-state index contributed by atoms with van der Waals surface area (Å²) in [6, 6.07) is 13.5. The molecular weight excluding hydrogens is 436 g/mol. The van der Waals surface area contributed by atoms with Crippen LogP contribution in [0.5, 0.6) is 0 Å². The van der Waals surface area contributed by atoms with E-state index in [1.807, 2.05) is 42.5 Å². The van der Waals surface area contributed by atoms with E-state index in [4.69, 9.17) is 14.2 Å². The Morgan fingerprint density at radius 2 is 1.68 bits per heavy atom. The SMILES string of the molecule is CCC(C(=O)OCc1cccc2ccccc12)C1C(=O)OC(=O)C1CC(C)C(=O)OC(C)(C)C. The molecule has 2 aromatic rings. The maximum Gasteiger partial charge on any atom is 0.318 e. The summed E-state index contributed by atoms with van der Waals surface area (Å²) in [5, 5.41) is 2.01. The molecule has 2 aromatic carbocycles. The van der Waals surface area contributed by atoms with Crippen molar-refractivity contribution in [3.8, 4) is 0 Å². The molecule has 1 aliphatic heterocycles. The highest BCUT2D eigenvalue weighted by Crippen LogP contribution is 2.37. The molecule has 0 radical (unpaired) electrons. The van der Waals surface area contributed by atoms with Crippen molar-refractivity contribution < 1.29 is 33.4 Å². The van der Waals surface area contributed by atoms with Gasteiger partial charge in [0, 0.05) is 0 Å². The third kappa shape index (κ3) is 5.82. The second kappa shape index (κ2) is 10.4. The predicted octanol–water partition coefficient (Wildman–Crippen LogP) is 4.59. The van der Waals surface area contributed by atoms with Crippen molar-refractivity contribution in [3.63, 3.8) is 0 Å². The number of hydrogen-bond acceptors (Lipinski definition) is 7. The van der Waals surface area contributed by atoms with Crippen LogP contribution in [0.15, 0.2) is 42.5 Å². The summed E-state index contributed by atoms with van der Waals surface area (Å²) in [7, 11) is 0. The highest BCUT2D eigenvalue weighted by molar-refractivity contribution is 5.99. The monoisotopic (exact) mass is 468 g/mol. The fraction of sp³-hybridized carbons (Fsp3) is 0.481. The fourth-order valence-electron chi connectivity index (χ4n) is 4.36. The van der Waals surface area contributed by atoms with E-state index in [-0.39, 0.29) is 13.0 Å². The van der Waals surface area contributed by atoms with Crippen LogP contribution in [0.3, 0.4) is 0 Å². The van der Waals surface area contributed by atoms with Crippen LogP contribution >= 0.6 is 0 Å². The van der Waals surface area contributed by atoms with E-state index in [9.17, 15) is 19.2 Å². The zero-order chi connectivity index (χ0) is 25.0. The number of rotatable bonds is 8. The molecular formula is C27H32O7. The van der Waals surface area contributed by atoms with E-state index in [1.54, 1.807) is 34.6 Å². The van der Waals surface area contributed by atoms with E-state index in [0.717, 1.165) is 16.3 Å². The summed E-state index contributed by atoms with van der Waals surface area (Å²) in [6.07, 6.45) is 0.343. The van der Waals surface area contributed by atoms with Gasteiger partial charge in [-0.25, -0.2) is 0 Å². The van der Waals surface area contributed by atoms with Crippen molar-refractivity contribution in [1.82, 2.24) is 0 Å². The van der Waals surface area contributed by atoms with Gasteiger partial charge in [0.1, 0.15) is 12.2 Å². The van der Waals surface area contributed by atoms with Crippen LogP contribution in [-0.4, -0.2) is 29.5 Å². The maximum absolute atomic E-state index is 13.0. The van der Waals surface area contributed by atoms with E-state index in [1.165, 1.54) is 0 Å². The first kappa shape index (κ1) is 25.4. The molecule has 4 unspecified atom stereocenters. The Morgan fingerprint density at radius 1 is 1.00 bits per heavy atom. The smallest absolute Gasteiger partial charge is 0.318 e. The molecule has 1 saturated heterocycles.